The number of fused-ring (bicyclic) bond motifs is 1. The van der Waals surface area contributed by atoms with Gasteiger partial charge in [-0.3, -0.25) is 4.79 Å². The van der Waals surface area contributed by atoms with E-state index in [1.165, 1.54) is 6.20 Å². The van der Waals surface area contributed by atoms with Crippen LogP contribution >= 0.6 is 0 Å². The molecule has 2 aromatic heterocycles. The molecule has 0 spiro atoms. The molecular weight excluding hydrogens is 442 g/mol. The zero-order chi connectivity index (χ0) is 24.4. The first-order valence-corrected chi connectivity index (χ1v) is 10.9. The number of hydrogen-bond acceptors (Lipinski definition) is 6. The van der Waals surface area contributed by atoms with Crippen LogP contribution in [0.25, 0.3) is 22.2 Å². The number of pyridine rings is 1. The van der Waals surface area contributed by atoms with Gasteiger partial charge in [-0.05, 0) is 59.7 Å². The summed E-state index contributed by atoms with van der Waals surface area (Å²) in [6, 6.07) is 27.9. The molecule has 0 saturated heterocycles. The number of amides is 1. The molecule has 0 atom stereocenters. The predicted octanol–water partition coefficient (Wildman–Crippen LogP) is 4.72. The predicted molar refractivity (Wildman–Crippen MR) is 135 cm³/mol. The Labute approximate surface area is 200 Å². The first kappa shape index (κ1) is 21.8. The molecule has 0 fully saturated rings. The second-order valence-electron chi connectivity index (χ2n) is 7.91. The minimum absolute atomic E-state index is 0.136. The number of carbonyl (C=O) groups is 1. The summed E-state index contributed by atoms with van der Waals surface area (Å²) in [5, 5.41) is 13.4. The molecule has 3 aromatic carbocycles. The molecule has 0 unspecified atom stereocenters. The second kappa shape index (κ2) is 9.11. The third-order valence-corrected chi connectivity index (χ3v) is 5.67. The van der Waals surface area contributed by atoms with Crippen LogP contribution in [0.1, 0.15) is 10.4 Å². The lowest BCUT2D eigenvalue weighted by Crippen LogP contribution is -2.25. The van der Waals surface area contributed by atoms with Gasteiger partial charge in [-0.1, -0.05) is 42.5 Å². The monoisotopic (exact) mass is 463 g/mol. The van der Waals surface area contributed by atoms with E-state index in [2.05, 4.69) is 15.3 Å². The van der Waals surface area contributed by atoms with Gasteiger partial charge in [0.2, 0.25) is 0 Å². The number of aromatic nitrogens is 3. The summed E-state index contributed by atoms with van der Waals surface area (Å²) < 4.78 is 0.441. The summed E-state index contributed by atoms with van der Waals surface area (Å²) in [4.78, 5) is 34.7. The van der Waals surface area contributed by atoms with Gasteiger partial charge in [0.25, 0.3) is 5.91 Å². The molecule has 5 aromatic rings. The molecule has 2 N–H and O–H groups in total. The van der Waals surface area contributed by atoms with E-state index >= 15 is 0 Å². The van der Waals surface area contributed by atoms with Gasteiger partial charge in [-0.25, -0.2) is 9.78 Å². The smallest absolute Gasteiger partial charge is 0.384 e. The number of para-hydroxylation sites is 1. The van der Waals surface area contributed by atoms with E-state index in [0.29, 0.717) is 21.5 Å². The number of benzene rings is 3. The zero-order valence-electron chi connectivity index (χ0n) is 18.8. The van der Waals surface area contributed by atoms with Crippen molar-refractivity contribution in [3.8, 4) is 11.1 Å². The third kappa shape index (κ3) is 4.32. The number of nitrogens with zero attached hydrogens (tertiary/aromatic N) is 4. The summed E-state index contributed by atoms with van der Waals surface area (Å²) in [5.41, 5.74) is 3.24. The van der Waals surface area contributed by atoms with Crippen molar-refractivity contribution in [2.75, 3.05) is 17.3 Å². The molecule has 1 amide bonds. The molecule has 0 bridgehead atoms. The number of hydrogen-bond donors (Lipinski definition) is 2. The highest BCUT2D eigenvalue weighted by Crippen LogP contribution is 2.29. The first-order valence-electron chi connectivity index (χ1n) is 10.9. The minimum atomic E-state index is -0.805. The molecule has 8 nitrogen and oxygen atoms in total. The van der Waals surface area contributed by atoms with Crippen molar-refractivity contribution >= 4 is 34.1 Å². The van der Waals surface area contributed by atoms with Gasteiger partial charge < -0.3 is 15.4 Å². The minimum Gasteiger partial charge on any atom is -0.422 e. The van der Waals surface area contributed by atoms with Crippen LogP contribution in [0.2, 0.25) is 0 Å². The summed E-state index contributed by atoms with van der Waals surface area (Å²) in [6.07, 6.45) is 1.50. The lowest BCUT2D eigenvalue weighted by molar-refractivity contribution is 0.102. The molecule has 172 valence electrons. The number of carbonyl (C=O) groups excluding carboxylic acids is 1. The van der Waals surface area contributed by atoms with Crippen LogP contribution in [0.3, 0.4) is 0 Å². The van der Waals surface area contributed by atoms with E-state index in [-0.39, 0.29) is 11.6 Å². The Kier molecular flexibility index (Phi) is 5.68. The van der Waals surface area contributed by atoms with E-state index < -0.39 is 5.69 Å². The Morgan fingerprint density at radius 3 is 2.46 bits per heavy atom. The second-order valence-corrected chi connectivity index (χ2v) is 7.91. The summed E-state index contributed by atoms with van der Waals surface area (Å²) in [6.45, 7) is 0. The van der Waals surface area contributed by atoms with Crippen LogP contribution < -0.4 is 15.9 Å². The molecule has 0 saturated carbocycles. The quantitative estimate of drug-likeness (QED) is 0.366. The van der Waals surface area contributed by atoms with Crippen molar-refractivity contribution in [3.05, 3.63) is 113 Å². The van der Waals surface area contributed by atoms with E-state index in [1.807, 2.05) is 72.8 Å². The Bertz CT molecular complexity index is 1580. The van der Waals surface area contributed by atoms with Crippen LogP contribution in [0.4, 0.5) is 17.2 Å². The van der Waals surface area contributed by atoms with E-state index in [4.69, 9.17) is 0 Å². The SMILES string of the molecule is CN(c1ccc(-c2cccc(C(=O)Nc3ccccc3)c2)cc1)c1nc(=O)n(O)c2ncccc12. The van der Waals surface area contributed by atoms with Gasteiger partial charge >= 0.3 is 5.69 Å². The maximum absolute atomic E-state index is 12.7. The highest BCUT2D eigenvalue weighted by molar-refractivity contribution is 6.05. The van der Waals surface area contributed by atoms with E-state index in [0.717, 1.165) is 22.5 Å². The van der Waals surface area contributed by atoms with Gasteiger partial charge in [0, 0.05) is 30.2 Å². The van der Waals surface area contributed by atoms with Crippen LogP contribution in [-0.2, 0) is 0 Å². The summed E-state index contributed by atoms with van der Waals surface area (Å²) >= 11 is 0. The van der Waals surface area contributed by atoms with Gasteiger partial charge in [-0.15, -0.1) is 4.73 Å². The average molecular weight is 463 g/mol. The molecule has 2 heterocycles. The molecule has 0 aliphatic rings. The fraction of sp³-hybridized carbons (Fsp3) is 0.0370. The molecule has 35 heavy (non-hydrogen) atoms. The molecule has 0 radical (unpaired) electrons. The van der Waals surface area contributed by atoms with Crippen LogP contribution in [-0.4, -0.2) is 32.9 Å². The topological polar surface area (TPSA) is 100 Å². The maximum atomic E-state index is 12.7. The first-order chi connectivity index (χ1) is 17.0. The van der Waals surface area contributed by atoms with Crippen molar-refractivity contribution in [1.29, 1.82) is 0 Å². The Morgan fingerprint density at radius 1 is 0.914 bits per heavy atom. The number of nitrogens with one attached hydrogen (secondary N) is 1. The fourth-order valence-corrected chi connectivity index (χ4v) is 3.85. The molecule has 5 rings (SSSR count). The van der Waals surface area contributed by atoms with Gasteiger partial charge in [0.15, 0.2) is 5.65 Å². The van der Waals surface area contributed by atoms with Crippen LogP contribution in [0.15, 0.2) is 102 Å². The summed E-state index contributed by atoms with van der Waals surface area (Å²) in [5.74, 6) is 0.204. The van der Waals surface area contributed by atoms with Crippen molar-refractivity contribution in [1.82, 2.24) is 14.7 Å². The number of rotatable bonds is 5. The van der Waals surface area contributed by atoms with Gasteiger partial charge in [-0.2, -0.15) is 4.98 Å². The van der Waals surface area contributed by atoms with Crippen molar-refractivity contribution in [2.45, 2.75) is 0 Å². The van der Waals surface area contributed by atoms with Gasteiger partial charge in [0.1, 0.15) is 5.82 Å². The number of anilines is 3. The van der Waals surface area contributed by atoms with Gasteiger partial charge in [0.05, 0.1) is 5.39 Å². The standard InChI is InChI=1S/C27H21N5O3/c1-31(25-23-11-6-16-28-24(23)32(35)27(34)30-25)22-14-12-18(13-15-22)19-7-5-8-20(17-19)26(33)29-21-9-3-2-4-10-21/h2-17,35H,1H3,(H,29,33). The molecular formula is C27H21N5O3. The fourth-order valence-electron chi connectivity index (χ4n) is 3.85. The molecule has 0 aliphatic carbocycles. The normalized spacial score (nSPS) is 10.8. The van der Waals surface area contributed by atoms with Crippen molar-refractivity contribution in [3.63, 3.8) is 0 Å². The zero-order valence-corrected chi connectivity index (χ0v) is 18.8. The van der Waals surface area contributed by atoms with E-state index in [9.17, 15) is 14.8 Å². The van der Waals surface area contributed by atoms with Crippen molar-refractivity contribution < 1.29 is 10.0 Å². The maximum Gasteiger partial charge on any atom is 0.384 e. The third-order valence-electron chi connectivity index (χ3n) is 5.67. The molecule has 0 aliphatic heterocycles. The van der Waals surface area contributed by atoms with Crippen LogP contribution in [0, 0.1) is 0 Å². The Hall–Kier alpha value is -4.98. The highest BCUT2D eigenvalue weighted by atomic mass is 16.5. The summed E-state index contributed by atoms with van der Waals surface area (Å²) in [7, 11) is 1.79. The highest BCUT2D eigenvalue weighted by Gasteiger charge is 2.15. The van der Waals surface area contributed by atoms with Crippen molar-refractivity contribution in [2.24, 2.45) is 0 Å². The Balaban J connectivity index is 1.42. The van der Waals surface area contributed by atoms with Crippen LogP contribution in [0.5, 0.6) is 0 Å². The lowest BCUT2D eigenvalue weighted by atomic mass is 10.0. The average Bonchev–Trinajstić information content (AvgIpc) is 2.91. The van der Waals surface area contributed by atoms with E-state index in [1.54, 1.807) is 30.1 Å². The molecule has 8 heteroatoms. The largest absolute Gasteiger partial charge is 0.422 e. The Morgan fingerprint density at radius 2 is 1.69 bits per heavy atom. The lowest BCUT2D eigenvalue weighted by Gasteiger charge is -2.20.